The van der Waals surface area contributed by atoms with Crippen molar-refractivity contribution < 1.29 is 4.79 Å². The van der Waals surface area contributed by atoms with Gasteiger partial charge in [0.15, 0.2) is 0 Å². The largest absolute Gasteiger partial charge is 0.354 e. The summed E-state index contributed by atoms with van der Waals surface area (Å²) in [5.74, 6) is 2.38. The number of aromatic nitrogens is 2. The fourth-order valence-corrected chi connectivity index (χ4v) is 3.60. The Hall–Kier alpha value is -2.47. The van der Waals surface area contributed by atoms with E-state index in [1.165, 1.54) is 0 Å². The van der Waals surface area contributed by atoms with Crippen LogP contribution in [0.1, 0.15) is 49.8 Å². The number of anilines is 1. The van der Waals surface area contributed by atoms with Gasteiger partial charge in [0.1, 0.15) is 11.6 Å². The van der Waals surface area contributed by atoms with Gasteiger partial charge in [-0.1, -0.05) is 44.2 Å². The standard InChI is InChI=1S/C23H33N5O/c1-17(2)23-24-18(3)15-21(25-23)28-13-11-27(12-14-28)16-22(29)26(5)19(4)20-9-7-6-8-10-20/h6-10,15,17,19H,11-14,16H2,1-5H3. The minimum absolute atomic E-state index is 0.0726. The lowest BCUT2D eigenvalue weighted by Crippen LogP contribution is -2.50. The van der Waals surface area contributed by atoms with Crippen molar-refractivity contribution in [2.75, 3.05) is 44.7 Å². The molecule has 1 unspecified atom stereocenters. The molecule has 156 valence electrons. The second kappa shape index (κ2) is 9.35. The van der Waals surface area contributed by atoms with Crippen LogP contribution in [-0.4, -0.2) is 65.4 Å². The molecular formula is C23H33N5O. The van der Waals surface area contributed by atoms with Crippen LogP contribution < -0.4 is 4.90 Å². The summed E-state index contributed by atoms with van der Waals surface area (Å²) >= 11 is 0. The Morgan fingerprint density at radius 2 is 1.72 bits per heavy atom. The second-order valence-corrected chi connectivity index (χ2v) is 8.23. The highest BCUT2D eigenvalue weighted by molar-refractivity contribution is 5.78. The number of nitrogens with zero attached hydrogens (tertiary/aromatic N) is 5. The molecule has 1 atom stereocenters. The molecule has 1 saturated heterocycles. The summed E-state index contributed by atoms with van der Waals surface area (Å²) < 4.78 is 0. The number of carbonyl (C=O) groups excluding carboxylic acids is 1. The molecule has 1 aromatic carbocycles. The zero-order chi connectivity index (χ0) is 21.0. The Bertz CT molecular complexity index is 815. The Labute approximate surface area is 174 Å². The smallest absolute Gasteiger partial charge is 0.236 e. The fourth-order valence-electron chi connectivity index (χ4n) is 3.60. The summed E-state index contributed by atoms with van der Waals surface area (Å²) in [7, 11) is 1.90. The monoisotopic (exact) mass is 395 g/mol. The van der Waals surface area contributed by atoms with E-state index in [9.17, 15) is 4.79 Å². The van der Waals surface area contributed by atoms with Crippen molar-refractivity contribution >= 4 is 11.7 Å². The van der Waals surface area contributed by atoms with Gasteiger partial charge in [-0.3, -0.25) is 9.69 Å². The molecule has 29 heavy (non-hydrogen) atoms. The molecule has 6 nitrogen and oxygen atoms in total. The Balaban J connectivity index is 1.55. The molecule has 1 aromatic heterocycles. The predicted molar refractivity (Wildman–Crippen MR) is 117 cm³/mol. The average Bonchev–Trinajstić information content (AvgIpc) is 2.73. The first-order chi connectivity index (χ1) is 13.8. The molecule has 0 N–H and O–H groups in total. The van der Waals surface area contributed by atoms with Crippen LogP contribution in [0, 0.1) is 6.92 Å². The third-order valence-electron chi connectivity index (χ3n) is 5.69. The van der Waals surface area contributed by atoms with E-state index in [0.29, 0.717) is 12.5 Å². The topological polar surface area (TPSA) is 52.6 Å². The van der Waals surface area contributed by atoms with Crippen LogP contribution in [0.2, 0.25) is 0 Å². The summed E-state index contributed by atoms with van der Waals surface area (Å²) in [5, 5.41) is 0. The molecule has 0 spiro atoms. The number of likely N-dealkylation sites (N-methyl/N-ethyl adjacent to an activating group) is 1. The summed E-state index contributed by atoms with van der Waals surface area (Å²) in [5.41, 5.74) is 2.17. The average molecular weight is 396 g/mol. The van der Waals surface area contributed by atoms with Crippen LogP contribution in [0.3, 0.4) is 0 Å². The molecule has 0 bridgehead atoms. The molecule has 1 fully saturated rings. The molecule has 0 radical (unpaired) electrons. The number of amides is 1. The van der Waals surface area contributed by atoms with E-state index in [2.05, 4.69) is 53.8 Å². The lowest BCUT2D eigenvalue weighted by molar-refractivity contribution is -0.133. The molecule has 0 saturated carbocycles. The third-order valence-corrected chi connectivity index (χ3v) is 5.69. The number of benzene rings is 1. The van der Waals surface area contributed by atoms with Gasteiger partial charge in [0, 0.05) is 50.9 Å². The van der Waals surface area contributed by atoms with Crippen LogP contribution in [-0.2, 0) is 4.79 Å². The quantitative estimate of drug-likeness (QED) is 0.752. The number of aryl methyl sites for hydroxylation is 1. The molecular weight excluding hydrogens is 362 g/mol. The molecule has 6 heteroatoms. The number of piperazine rings is 1. The van der Waals surface area contributed by atoms with Crippen molar-refractivity contribution in [1.82, 2.24) is 19.8 Å². The van der Waals surface area contributed by atoms with Crippen molar-refractivity contribution in [3.05, 3.63) is 53.5 Å². The summed E-state index contributed by atoms with van der Waals surface area (Å²) in [6, 6.07) is 12.3. The molecule has 3 rings (SSSR count). The van der Waals surface area contributed by atoms with Crippen LogP contribution in [0.4, 0.5) is 5.82 Å². The zero-order valence-corrected chi connectivity index (χ0v) is 18.3. The van der Waals surface area contributed by atoms with Crippen LogP contribution >= 0.6 is 0 Å². The maximum Gasteiger partial charge on any atom is 0.236 e. The van der Waals surface area contributed by atoms with Crippen molar-refractivity contribution in [2.45, 2.75) is 39.7 Å². The highest BCUT2D eigenvalue weighted by Crippen LogP contribution is 2.20. The van der Waals surface area contributed by atoms with Gasteiger partial charge >= 0.3 is 0 Å². The van der Waals surface area contributed by atoms with E-state index in [1.54, 1.807) is 0 Å². The SMILES string of the molecule is Cc1cc(N2CCN(CC(=O)N(C)C(C)c3ccccc3)CC2)nc(C(C)C)n1. The van der Waals surface area contributed by atoms with Crippen molar-refractivity contribution in [2.24, 2.45) is 0 Å². The van der Waals surface area contributed by atoms with E-state index >= 15 is 0 Å². The fraction of sp³-hybridized carbons (Fsp3) is 0.522. The minimum atomic E-state index is 0.0726. The predicted octanol–water partition coefficient (Wildman–Crippen LogP) is 3.25. The molecule has 1 aliphatic heterocycles. The minimum Gasteiger partial charge on any atom is -0.354 e. The first-order valence-electron chi connectivity index (χ1n) is 10.5. The maximum absolute atomic E-state index is 12.8. The van der Waals surface area contributed by atoms with Gasteiger partial charge in [0.2, 0.25) is 5.91 Å². The summed E-state index contributed by atoms with van der Waals surface area (Å²) in [4.78, 5) is 28.5. The molecule has 0 aliphatic carbocycles. The maximum atomic E-state index is 12.8. The summed E-state index contributed by atoms with van der Waals surface area (Å²) in [6.07, 6.45) is 0. The number of hydrogen-bond donors (Lipinski definition) is 0. The van der Waals surface area contributed by atoms with Crippen molar-refractivity contribution in [3.8, 4) is 0 Å². The third kappa shape index (κ3) is 5.32. The van der Waals surface area contributed by atoms with Gasteiger partial charge < -0.3 is 9.80 Å². The molecule has 2 aromatic rings. The van der Waals surface area contributed by atoms with E-state index < -0.39 is 0 Å². The van der Waals surface area contributed by atoms with Crippen LogP contribution in [0.15, 0.2) is 36.4 Å². The van der Waals surface area contributed by atoms with Gasteiger partial charge in [-0.25, -0.2) is 9.97 Å². The summed E-state index contributed by atoms with van der Waals surface area (Å²) in [6.45, 7) is 12.3. The molecule has 1 aliphatic rings. The zero-order valence-electron chi connectivity index (χ0n) is 18.3. The second-order valence-electron chi connectivity index (χ2n) is 8.23. The van der Waals surface area contributed by atoms with Gasteiger partial charge in [-0.15, -0.1) is 0 Å². The van der Waals surface area contributed by atoms with E-state index in [-0.39, 0.29) is 11.9 Å². The Morgan fingerprint density at radius 3 is 2.34 bits per heavy atom. The van der Waals surface area contributed by atoms with Gasteiger partial charge in [0.25, 0.3) is 0 Å². The van der Waals surface area contributed by atoms with E-state index in [4.69, 9.17) is 4.98 Å². The highest BCUT2D eigenvalue weighted by Gasteiger charge is 2.24. The Kier molecular flexibility index (Phi) is 6.85. The number of rotatable bonds is 6. The Morgan fingerprint density at radius 1 is 1.07 bits per heavy atom. The van der Waals surface area contributed by atoms with E-state index in [0.717, 1.165) is 49.1 Å². The van der Waals surface area contributed by atoms with Crippen LogP contribution in [0.5, 0.6) is 0 Å². The van der Waals surface area contributed by atoms with Crippen molar-refractivity contribution in [1.29, 1.82) is 0 Å². The van der Waals surface area contributed by atoms with Gasteiger partial charge in [-0.05, 0) is 19.4 Å². The van der Waals surface area contributed by atoms with Gasteiger partial charge in [0.05, 0.1) is 12.6 Å². The van der Waals surface area contributed by atoms with Crippen molar-refractivity contribution in [3.63, 3.8) is 0 Å². The normalized spacial score (nSPS) is 16.1. The first kappa shape index (κ1) is 21.2. The number of hydrogen-bond acceptors (Lipinski definition) is 5. The van der Waals surface area contributed by atoms with Crippen LogP contribution in [0.25, 0.3) is 0 Å². The number of carbonyl (C=O) groups is 1. The lowest BCUT2D eigenvalue weighted by atomic mass is 10.1. The van der Waals surface area contributed by atoms with E-state index in [1.807, 2.05) is 37.1 Å². The van der Waals surface area contributed by atoms with Gasteiger partial charge in [-0.2, -0.15) is 0 Å². The molecule has 1 amide bonds. The first-order valence-corrected chi connectivity index (χ1v) is 10.5. The lowest BCUT2D eigenvalue weighted by Gasteiger charge is -2.36. The molecule has 2 heterocycles. The highest BCUT2D eigenvalue weighted by atomic mass is 16.2.